The van der Waals surface area contributed by atoms with E-state index in [2.05, 4.69) is 17.4 Å². The fourth-order valence-corrected chi connectivity index (χ4v) is 3.03. The lowest BCUT2D eigenvalue weighted by Crippen LogP contribution is -2.33. The van der Waals surface area contributed by atoms with Crippen molar-refractivity contribution in [3.8, 4) is 11.5 Å². The minimum Gasteiger partial charge on any atom is -0.455 e. The molecule has 0 aliphatic carbocycles. The van der Waals surface area contributed by atoms with E-state index in [1.165, 1.54) is 5.56 Å². The SMILES string of the molecule is CN(CCc1ccccc1)C(=O)CNc1cc(Cl)ccc1Oc1ccc(Cl)cc1. The molecule has 0 aromatic heterocycles. The molecule has 29 heavy (non-hydrogen) atoms. The molecular formula is C23H22Cl2N2O2. The Kier molecular flexibility index (Phi) is 7.39. The number of hydrogen-bond donors (Lipinski definition) is 1. The monoisotopic (exact) mass is 428 g/mol. The van der Waals surface area contributed by atoms with Crippen LogP contribution >= 0.6 is 23.2 Å². The van der Waals surface area contributed by atoms with Gasteiger partial charge in [0, 0.05) is 23.6 Å². The summed E-state index contributed by atoms with van der Waals surface area (Å²) in [5.41, 5.74) is 1.85. The van der Waals surface area contributed by atoms with Gasteiger partial charge in [0.25, 0.3) is 0 Å². The molecule has 0 spiro atoms. The van der Waals surface area contributed by atoms with Gasteiger partial charge >= 0.3 is 0 Å². The van der Waals surface area contributed by atoms with Crippen molar-refractivity contribution in [2.75, 3.05) is 25.5 Å². The molecule has 1 N–H and O–H groups in total. The Morgan fingerprint density at radius 3 is 2.38 bits per heavy atom. The minimum absolute atomic E-state index is 0.0154. The zero-order valence-corrected chi connectivity index (χ0v) is 17.6. The summed E-state index contributed by atoms with van der Waals surface area (Å²) in [5, 5.41) is 4.33. The van der Waals surface area contributed by atoms with Gasteiger partial charge in [-0.3, -0.25) is 4.79 Å². The van der Waals surface area contributed by atoms with Crippen LogP contribution in [-0.4, -0.2) is 30.9 Å². The molecule has 0 fully saturated rings. The summed E-state index contributed by atoms with van der Waals surface area (Å²) in [6.45, 7) is 0.789. The van der Waals surface area contributed by atoms with Crippen LogP contribution in [0.1, 0.15) is 5.56 Å². The normalized spacial score (nSPS) is 10.4. The third-order valence-corrected chi connectivity index (χ3v) is 4.90. The zero-order chi connectivity index (χ0) is 20.6. The first-order valence-electron chi connectivity index (χ1n) is 9.26. The van der Waals surface area contributed by atoms with Crippen LogP contribution < -0.4 is 10.1 Å². The quantitative estimate of drug-likeness (QED) is 0.485. The van der Waals surface area contributed by atoms with Gasteiger partial charge in [0.1, 0.15) is 5.75 Å². The third-order valence-electron chi connectivity index (χ3n) is 4.42. The minimum atomic E-state index is -0.0154. The van der Waals surface area contributed by atoms with Crippen molar-refractivity contribution in [2.45, 2.75) is 6.42 Å². The molecule has 0 radical (unpaired) electrons. The first kappa shape index (κ1) is 21.0. The highest BCUT2D eigenvalue weighted by Gasteiger charge is 2.12. The number of nitrogens with one attached hydrogen (secondary N) is 1. The van der Waals surface area contributed by atoms with E-state index in [0.29, 0.717) is 33.8 Å². The fourth-order valence-electron chi connectivity index (χ4n) is 2.73. The Morgan fingerprint density at radius 1 is 0.966 bits per heavy atom. The number of carbonyl (C=O) groups is 1. The zero-order valence-electron chi connectivity index (χ0n) is 16.1. The fraction of sp³-hybridized carbons (Fsp3) is 0.174. The number of rotatable bonds is 8. The number of anilines is 1. The van der Waals surface area contributed by atoms with Crippen molar-refractivity contribution in [2.24, 2.45) is 0 Å². The smallest absolute Gasteiger partial charge is 0.241 e. The molecule has 0 heterocycles. The Hall–Kier alpha value is -2.69. The second kappa shape index (κ2) is 10.2. The van der Waals surface area contributed by atoms with Gasteiger partial charge in [-0.25, -0.2) is 0 Å². The molecule has 0 atom stereocenters. The van der Waals surface area contributed by atoms with E-state index in [1.54, 1.807) is 54.4 Å². The molecule has 150 valence electrons. The van der Waals surface area contributed by atoms with Crippen molar-refractivity contribution in [1.29, 1.82) is 0 Å². The van der Waals surface area contributed by atoms with Gasteiger partial charge in [-0.05, 0) is 54.4 Å². The van der Waals surface area contributed by atoms with Crippen LogP contribution in [0.25, 0.3) is 0 Å². The van der Waals surface area contributed by atoms with E-state index in [0.717, 1.165) is 6.42 Å². The van der Waals surface area contributed by atoms with Crippen LogP contribution in [0.5, 0.6) is 11.5 Å². The van der Waals surface area contributed by atoms with Gasteiger partial charge in [-0.1, -0.05) is 53.5 Å². The molecule has 0 aliphatic heterocycles. The summed E-state index contributed by atoms with van der Waals surface area (Å²) < 4.78 is 5.91. The van der Waals surface area contributed by atoms with Crippen LogP contribution in [-0.2, 0) is 11.2 Å². The Balaban J connectivity index is 1.59. The molecule has 0 bridgehead atoms. The van der Waals surface area contributed by atoms with Crippen molar-refractivity contribution in [3.05, 3.63) is 88.4 Å². The van der Waals surface area contributed by atoms with E-state index in [-0.39, 0.29) is 12.5 Å². The first-order chi connectivity index (χ1) is 14.0. The van der Waals surface area contributed by atoms with Gasteiger partial charge in [0.15, 0.2) is 5.75 Å². The molecule has 1 amide bonds. The van der Waals surface area contributed by atoms with Crippen LogP contribution in [0.4, 0.5) is 5.69 Å². The number of halogens is 2. The summed E-state index contributed by atoms with van der Waals surface area (Å²) in [4.78, 5) is 14.2. The summed E-state index contributed by atoms with van der Waals surface area (Å²) in [6, 6.07) is 22.4. The maximum atomic E-state index is 12.5. The van der Waals surface area contributed by atoms with Crippen LogP contribution in [0, 0.1) is 0 Å². The summed E-state index contributed by atoms with van der Waals surface area (Å²) in [5.74, 6) is 1.21. The van der Waals surface area contributed by atoms with Crippen LogP contribution in [0.15, 0.2) is 72.8 Å². The lowest BCUT2D eigenvalue weighted by atomic mass is 10.1. The van der Waals surface area contributed by atoms with Gasteiger partial charge in [0.2, 0.25) is 5.91 Å². The summed E-state index contributed by atoms with van der Waals surface area (Å²) in [7, 11) is 1.80. The number of likely N-dealkylation sites (N-methyl/N-ethyl adjacent to an activating group) is 1. The Labute approximate surface area is 181 Å². The van der Waals surface area contributed by atoms with Crippen molar-refractivity contribution < 1.29 is 9.53 Å². The predicted octanol–water partition coefficient (Wildman–Crippen LogP) is 5.90. The summed E-state index contributed by atoms with van der Waals surface area (Å²) >= 11 is 12.0. The molecule has 4 nitrogen and oxygen atoms in total. The molecule has 6 heteroatoms. The second-order valence-electron chi connectivity index (χ2n) is 6.60. The number of amides is 1. The third kappa shape index (κ3) is 6.41. The number of ether oxygens (including phenoxy) is 1. The average molecular weight is 429 g/mol. The molecular weight excluding hydrogens is 407 g/mol. The number of carbonyl (C=O) groups excluding carboxylic acids is 1. The number of nitrogens with zero attached hydrogens (tertiary/aromatic N) is 1. The molecule has 3 aromatic carbocycles. The van der Waals surface area contributed by atoms with E-state index < -0.39 is 0 Å². The number of hydrogen-bond acceptors (Lipinski definition) is 3. The molecule has 3 rings (SSSR count). The van der Waals surface area contributed by atoms with Crippen LogP contribution in [0.3, 0.4) is 0 Å². The maximum Gasteiger partial charge on any atom is 0.241 e. The average Bonchev–Trinajstić information content (AvgIpc) is 2.74. The molecule has 0 saturated heterocycles. The highest BCUT2D eigenvalue weighted by Crippen LogP contribution is 2.32. The van der Waals surface area contributed by atoms with Gasteiger partial charge in [-0.15, -0.1) is 0 Å². The van der Waals surface area contributed by atoms with Crippen LogP contribution in [0.2, 0.25) is 10.0 Å². The molecule has 3 aromatic rings. The van der Waals surface area contributed by atoms with Gasteiger partial charge in [-0.2, -0.15) is 0 Å². The second-order valence-corrected chi connectivity index (χ2v) is 7.47. The summed E-state index contributed by atoms with van der Waals surface area (Å²) in [6.07, 6.45) is 0.811. The maximum absolute atomic E-state index is 12.5. The van der Waals surface area contributed by atoms with E-state index >= 15 is 0 Å². The Morgan fingerprint density at radius 2 is 1.66 bits per heavy atom. The first-order valence-corrected chi connectivity index (χ1v) is 10.0. The lowest BCUT2D eigenvalue weighted by molar-refractivity contribution is -0.127. The van der Waals surface area contributed by atoms with Gasteiger partial charge in [0.05, 0.1) is 12.2 Å². The Bertz CT molecular complexity index is 947. The highest BCUT2D eigenvalue weighted by atomic mass is 35.5. The predicted molar refractivity (Wildman–Crippen MR) is 119 cm³/mol. The van der Waals surface area contributed by atoms with E-state index in [4.69, 9.17) is 27.9 Å². The van der Waals surface area contributed by atoms with Crippen molar-refractivity contribution in [1.82, 2.24) is 4.90 Å². The largest absolute Gasteiger partial charge is 0.455 e. The van der Waals surface area contributed by atoms with Crippen molar-refractivity contribution >= 4 is 34.8 Å². The number of benzene rings is 3. The molecule has 0 aliphatic rings. The lowest BCUT2D eigenvalue weighted by Gasteiger charge is -2.19. The molecule has 0 saturated carbocycles. The van der Waals surface area contributed by atoms with Gasteiger partial charge < -0.3 is 15.0 Å². The highest BCUT2D eigenvalue weighted by molar-refractivity contribution is 6.31. The molecule has 0 unspecified atom stereocenters. The van der Waals surface area contributed by atoms with Crippen molar-refractivity contribution in [3.63, 3.8) is 0 Å². The van der Waals surface area contributed by atoms with E-state index in [1.807, 2.05) is 18.2 Å². The van der Waals surface area contributed by atoms with E-state index in [9.17, 15) is 4.79 Å². The topological polar surface area (TPSA) is 41.6 Å². The standard InChI is InChI=1S/C23H22Cl2N2O2/c1-27(14-13-17-5-3-2-4-6-17)23(28)16-26-21-15-19(25)9-12-22(21)29-20-10-7-18(24)8-11-20/h2-12,15,26H,13-14,16H2,1H3.